The Morgan fingerprint density at radius 2 is 2.06 bits per heavy atom. The maximum absolute atomic E-state index is 11.6. The van der Waals surface area contributed by atoms with E-state index in [9.17, 15) is 9.59 Å². The van der Waals surface area contributed by atoms with Crippen LogP contribution in [0.4, 0.5) is 10.5 Å². The Morgan fingerprint density at radius 1 is 1.41 bits per heavy atom. The fraction of sp³-hybridized carbons (Fsp3) is 0.273. The van der Waals surface area contributed by atoms with E-state index in [0.717, 1.165) is 5.56 Å². The quantitative estimate of drug-likeness (QED) is 0.767. The number of hydrogen-bond acceptors (Lipinski definition) is 2. The summed E-state index contributed by atoms with van der Waals surface area (Å²) >= 11 is 5.92. The smallest absolute Gasteiger partial charge is 0.312 e. The summed E-state index contributed by atoms with van der Waals surface area (Å²) in [5, 5.41) is 5.47. The van der Waals surface area contributed by atoms with E-state index < -0.39 is 12.1 Å². The topological polar surface area (TPSA) is 84.2 Å². The Labute approximate surface area is 104 Å². The van der Waals surface area contributed by atoms with Gasteiger partial charge in [-0.1, -0.05) is 17.7 Å². The van der Waals surface area contributed by atoms with Crippen LogP contribution >= 0.6 is 11.6 Å². The van der Waals surface area contributed by atoms with Crippen molar-refractivity contribution < 1.29 is 9.59 Å². The molecule has 92 valence electrons. The molecule has 1 atom stereocenters. The number of aryl methyl sites for hydroxylation is 1. The van der Waals surface area contributed by atoms with Crippen LogP contribution in [0.5, 0.6) is 0 Å². The van der Waals surface area contributed by atoms with Gasteiger partial charge in [0, 0.05) is 10.7 Å². The number of halogens is 1. The molecule has 0 aliphatic rings. The van der Waals surface area contributed by atoms with Gasteiger partial charge in [-0.2, -0.15) is 0 Å². The number of rotatable bonds is 3. The van der Waals surface area contributed by atoms with Crippen LogP contribution in [-0.2, 0) is 4.79 Å². The van der Waals surface area contributed by atoms with Crippen molar-refractivity contribution in [2.24, 2.45) is 5.73 Å². The van der Waals surface area contributed by atoms with Crippen LogP contribution in [0.1, 0.15) is 12.5 Å². The molecule has 0 unspecified atom stereocenters. The van der Waals surface area contributed by atoms with Crippen molar-refractivity contribution in [2.75, 3.05) is 5.32 Å². The third-order valence-electron chi connectivity index (χ3n) is 2.19. The molecule has 0 aliphatic carbocycles. The van der Waals surface area contributed by atoms with E-state index in [-0.39, 0.29) is 5.91 Å². The first kappa shape index (κ1) is 13.3. The number of nitrogens with two attached hydrogens (primary N) is 1. The van der Waals surface area contributed by atoms with Crippen molar-refractivity contribution in [3.05, 3.63) is 28.8 Å². The molecule has 3 amide bonds. The predicted octanol–water partition coefficient (Wildman–Crippen LogP) is 1.64. The molecule has 1 aromatic rings. The number of carbonyl (C=O) groups excluding carboxylic acids is 2. The Morgan fingerprint density at radius 3 is 2.59 bits per heavy atom. The average molecular weight is 256 g/mol. The number of primary amides is 1. The molecule has 0 saturated carbocycles. The Kier molecular flexibility index (Phi) is 4.34. The van der Waals surface area contributed by atoms with Crippen LogP contribution < -0.4 is 16.4 Å². The van der Waals surface area contributed by atoms with Crippen molar-refractivity contribution in [1.29, 1.82) is 0 Å². The monoisotopic (exact) mass is 255 g/mol. The largest absolute Gasteiger partial charge is 0.352 e. The van der Waals surface area contributed by atoms with Crippen LogP contribution in [-0.4, -0.2) is 18.0 Å². The van der Waals surface area contributed by atoms with Gasteiger partial charge in [0.05, 0.1) is 0 Å². The second-order valence-electron chi connectivity index (χ2n) is 3.68. The third-order valence-corrected chi connectivity index (χ3v) is 2.60. The summed E-state index contributed by atoms with van der Waals surface area (Å²) in [6.45, 7) is 3.40. The molecule has 17 heavy (non-hydrogen) atoms. The first-order chi connectivity index (χ1) is 7.90. The molecule has 0 fully saturated rings. The molecule has 0 bridgehead atoms. The van der Waals surface area contributed by atoms with E-state index in [4.69, 9.17) is 17.3 Å². The molecular weight excluding hydrogens is 242 g/mol. The highest BCUT2D eigenvalue weighted by molar-refractivity contribution is 6.31. The predicted molar refractivity (Wildman–Crippen MR) is 67.0 cm³/mol. The summed E-state index contributed by atoms with van der Waals surface area (Å²) < 4.78 is 0. The molecule has 0 aromatic heterocycles. The highest BCUT2D eigenvalue weighted by Gasteiger charge is 2.14. The molecule has 1 rings (SSSR count). The maximum Gasteiger partial charge on any atom is 0.312 e. The van der Waals surface area contributed by atoms with Gasteiger partial charge in [-0.15, -0.1) is 0 Å². The number of amides is 3. The minimum Gasteiger partial charge on any atom is -0.352 e. The first-order valence-corrected chi connectivity index (χ1v) is 5.41. The van der Waals surface area contributed by atoms with E-state index in [1.807, 2.05) is 6.92 Å². The summed E-state index contributed by atoms with van der Waals surface area (Å²) in [6.07, 6.45) is 0. The molecule has 1 aromatic carbocycles. The van der Waals surface area contributed by atoms with Crippen LogP contribution in [0, 0.1) is 6.92 Å². The lowest BCUT2D eigenvalue weighted by Gasteiger charge is -2.13. The van der Waals surface area contributed by atoms with Gasteiger partial charge in [-0.05, 0) is 31.5 Å². The Balaban J connectivity index is 2.67. The molecule has 4 N–H and O–H groups in total. The average Bonchev–Trinajstić information content (AvgIpc) is 2.22. The van der Waals surface area contributed by atoms with Crippen LogP contribution in [0.2, 0.25) is 5.02 Å². The van der Waals surface area contributed by atoms with Gasteiger partial charge in [-0.25, -0.2) is 4.79 Å². The van der Waals surface area contributed by atoms with Gasteiger partial charge in [0.2, 0.25) is 5.91 Å². The zero-order valence-electron chi connectivity index (χ0n) is 9.58. The lowest BCUT2D eigenvalue weighted by molar-refractivity contribution is -0.117. The molecule has 0 heterocycles. The van der Waals surface area contributed by atoms with Gasteiger partial charge in [0.1, 0.15) is 6.04 Å². The van der Waals surface area contributed by atoms with Crippen LogP contribution in [0.15, 0.2) is 18.2 Å². The first-order valence-electron chi connectivity index (χ1n) is 5.03. The third kappa shape index (κ3) is 3.96. The molecule has 0 spiro atoms. The summed E-state index contributed by atoms with van der Waals surface area (Å²) in [6, 6.07) is 3.73. The standard InChI is InChI=1S/C11H14ClN3O2/c1-6-3-4-8(5-9(6)12)15-10(16)7(2)14-11(13)17/h3-5,7H,1-2H3,(H,15,16)(H3,13,14,17)/t7-/m1/s1. The number of nitrogens with one attached hydrogen (secondary N) is 2. The molecule has 5 nitrogen and oxygen atoms in total. The van der Waals surface area contributed by atoms with E-state index in [0.29, 0.717) is 10.7 Å². The van der Waals surface area contributed by atoms with Gasteiger partial charge < -0.3 is 16.4 Å². The van der Waals surface area contributed by atoms with Gasteiger partial charge in [-0.3, -0.25) is 4.79 Å². The van der Waals surface area contributed by atoms with Gasteiger partial charge in [0.25, 0.3) is 0 Å². The van der Waals surface area contributed by atoms with Crippen molar-refractivity contribution in [1.82, 2.24) is 5.32 Å². The number of urea groups is 1. The van der Waals surface area contributed by atoms with Crippen molar-refractivity contribution in [3.63, 3.8) is 0 Å². The molecular formula is C11H14ClN3O2. The molecule has 0 radical (unpaired) electrons. The summed E-state index contributed by atoms with van der Waals surface area (Å²) in [4.78, 5) is 22.2. The maximum atomic E-state index is 11.6. The zero-order valence-corrected chi connectivity index (χ0v) is 10.3. The second kappa shape index (κ2) is 5.54. The highest BCUT2D eigenvalue weighted by atomic mass is 35.5. The van der Waals surface area contributed by atoms with E-state index in [2.05, 4.69) is 10.6 Å². The number of anilines is 1. The number of carbonyl (C=O) groups is 2. The molecule has 6 heteroatoms. The van der Waals surface area contributed by atoms with Crippen molar-refractivity contribution >= 4 is 29.2 Å². The van der Waals surface area contributed by atoms with Crippen molar-refractivity contribution in [2.45, 2.75) is 19.9 Å². The van der Waals surface area contributed by atoms with E-state index >= 15 is 0 Å². The van der Waals surface area contributed by atoms with Crippen LogP contribution in [0.25, 0.3) is 0 Å². The van der Waals surface area contributed by atoms with Crippen molar-refractivity contribution in [3.8, 4) is 0 Å². The molecule has 0 saturated heterocycles. The van der Waals surface area contributed by atoms with Gasteiger partial charge >= 0.3 is 6.03 Å². The lowest BCUT2D eigenvalue weighted by atomic mass is 10.2. The lowest BCUT2D eigenvalue weighted by Crippen LogP contribution is -2.44. The van der Waals surface area contributed by atoms with E-state index in [1.54, 1.807) is 18.2 Å². The summed E-state index contributed by atoms with van der Waals surface area (Å²) in [5.74, 6) is -0.358. The minimum atomic E-state index is -0.741. The Bertz CT molecular complexity index is 448. The Hall–Kier alpha value is -1.75. The van der Waals surface area contributed by atoms with Crippen LogP contribution in [0.3, 0.4) is 0 Å². The zero-order chi connectivity index (χ0) is 13.0. The highest BCUT2D eigenvalue weighted by Crippen LogP contribution is 2.19. The summed E-state index contributed by atoms with van der Waals surface area (Å²) in [5.41, 5.74) is 6.41. The summed E-state index contributed by atoms with van der Waals surface area (Å²) in [7, 11) is 0. The second-order valence-corrected chi connectivity index (χ2v) is 4.09. The normalized spacial score (nSPS) is 11.7. The fourth-order valence-electron chi connectivity index (χ4n) is 1.20. The van der Waals surface area contributed by atoms with E-state index in [1.165, 1.54) is 6.92 Å². The fourth-order valence-corrected chi connectivity index (χ4v) is 1.38. The number of hydrogen-bond donors (Lipinski definition) is 3. The van der Waals surface area contributed by atoms with Gasteiger partial charge in [0.15, 0.2) is 0 Å². The molecule has 0 aliphatic heterocycles. The minimum absolute atomic E-state index is 0.358. The SMILES string of the molecule is Cc1ccc(NC(=O)[C@@H](C)NC(N)=O)cc1Cl. The number of benzene rings is 1.